The maximum atomic E-state index is 13.3. The molecule has 4 rings (SSSR count). The molecule has 36 heavy (non-hydrogen) atoms. The third-order valence-corrected chi connectivity index (χ3v) is 6.80. The minimum Gasteiger partial charge on any atom is -0.497 e. The third kappa shape index (κ3) is 5.24. The van der Waals surface area contributed by atoms with Gasteiger partial charge in [0.05, 0.1) is 25.7 Å². The second-order valence-electron chi connectivity index (χ2n) is 9.12. The van der Waals surface area contributed by atoms with Crippen LogP contribution in [0, 0.1) is 0 Å². The van der Waals surface area contributed by atoms with Crippen LogP contribution >= 0.6 is 0 Å². The van der Waals surface area contributed by atoms with Crippen LogP contribution in [0.15, 0.2) is 60.2 Å². The fourth-order valence-electron chi connectivity index (χ4n) is 5.07. The average molecular weight is 495 g/mol. The van der Waals surface area contributed by atoms with Gasteiger partial charge in [-0.2, -0.15) is 0 Å². The summed E-state index contributed by atoms with van der Waals surface area (Å²) in [6, 6.07) is 14.4. The van der Waals surface area contributed by atoms with Crippen LogP contribution < -0.4 is 14.8 Å². The van der Waals surface area contributed by atoms with E-state index in [0.717, 1.165) is 16.9 Å². The Balaban J connectivity index is 1.68. The van der Waals surface area contributed by atoms with E-state index in [0.29, 0.717) is 37.1 Å². The number of aliphatic hydroxyl groups is 2. The molecule has 0 fully saturated rings. The van der Waals surface area contributed by atoms with Crippen LogP contribution in [0.2, 0.25) is 0 Å². The SMILES string of the molecule is CCCC(=O)N(CCc1cccc(OC)c1)C1C=C(C(=O)NCCO)C2c3ccccc3OC2C1O. The van der Waals surface area contributed by atoms with Crippen molar-refractivity contribution in [1.82, 2.24) is 10.2 Å². The average Bonchev–Trinajstić information content (AvgIpc) is 3.29. The van der Waals surface area contributed by atoms with Gasteiger partial charge < -0.3 is 29.9 Å². The molecule has 0 saturated heterocycles. The molecule has 1 heterocycles. The maximum absolute atomic E-state index is 13.3. The first kappa shape index (κ1) is 25.7. The van der Waals surface area contributed by atoms with Crippen LogP contribution in [-0.4, -0.2) is 72.0 Å². The first-order valence-corrected chi connectivity index (χ1v) is 12.4. The normalized spacial score (nSPS) is 22.1. The zero-order valence-corrected chi connectivity index (χ0v) is 20.7. The quantitative estimate of drug-likeness (QED) is 0.467. The maximum Gasteiger partial charge on any atom is 0.247 e. The van der Waals surface area contributed by atoms with Crippen molar-refractivity contribution in [3.05, 3.63) is 71.3 Å². The number of fused-ring (bicyclic) bond motifs is 3. The van der Waals surface area contributed by atoms with E-state index in [2.05, 4.69) is 5.32 Å². The van der Waals surface area contributed by atoms with Crippen molar-refractivity contribution in [2.75, 3.05) is 26.8 Å². The zero-order valence-electron chi connectivity index (χ0n) is 20.7. The van der Waals surface area contributed by atoms with Crippen molar-refractivity contribution in [2.24, 2.45) is 0 Å². The molecule has 192 valence electrons. The summed E-state index contributed by atoms with van der Waals surface area (Å²) >= 11 is 0. The highest BCUT2D eigenvalue weighted by Crippen LogP contribution is 2.47. The summed E-state index contributed by atoms with van der Waals surface area (Å²) in [6.07, 6.45) is 1.53. The lowest BCUT2D eigenvalue weighted by molar-refractivity contribution is -0.137. The number of carbonyl (C=O) groups is 2. The Kier molecular flexibility index (Phi) is 8.28. The van der Waals surface area contributed by atoms with E-state index in [1.807, 2.05) is 55.5 Å². The topological polar surface area (TPSA) is 108 Å². The molecule has 0 radical (unpaired) electrons. The number of nitrogens with zero attached hydrogens (tertiary/aromatic N) is 1. The Bertz CT molecular complexity index is 1120. The Morgan fingerprint density at radius 1 is 1.17 bits per heavy atom. The summed E-state index contributed by atoms with van der Waals surface area (Å²) in [6.45, 7) is 2.22. The van der Waals surface area contributed by atoms with Gasteiger partial charge >= 0.3 is 0 Å². The smallest absolute Gasteiger partial charge is 0.247 e. The molecule has 4 unspecified atom stereocenters. The lowest BCUT2D eigenvalue weighted by Crippen LogP contribution is -2.56. The number of methoxy groups -OCH3 is 1. The molecule has 1 aliphatic carbocycles. The highest BCUT2D eigenvalue weighted by atomic mass is 16.5. The van der Waals surface area contributed by atoms with E-state index in [1.165, 1.54) is 0 Å². The summed E-state index contributed by atoms with van der Waals surface area (Å²) in [7, 11) is 1.61. The molecule has 2 aliphatic rings. The van der Waals surface area contributed by atoms with E-state index >= 15 is 0 Å². The molecule has 0 spiro atoms. The number of hydrogen-bond donors (Lipinski definition) is 3. The predicted octanol–water partition coefficient (Wildman–Crippen LogP) is 2.19. The molecule has 8 heteroatoms. The van der Waals surface area contributed by atoms with Gasteiger partial charge in [-0.25, -0.2) is 0 Å². The summed E-state index contributed by atoms with van der Waals surface area (Å²) in [5.74, 6) is 0.458. The molecule has 0 bridgehead atoms. The standard InChI is InChI=1S/C28H34N2O6/c1-3-7-24(32)30(14-12-18-8-6-9-19(16-18)35-2)22-17-21(28(34)29-13-15-31)25-20-10-4-5-11-23(20)36-27(25)26(22)33/h4-6,8-11,16-17,22,25-27,31,33H,3,7,12-15H2,1-2H3,(H,29,34). The van der Waals surface area contributed by atoms with Gasteiger partial charge in [-0.05, 0) is 42.7 Å². The number of aliphatic hydroxyl groups excluding tert-OH is 2. The van der Waals surface area contributed by atoms with Gasteiger partial charge in [0.25, 0.3) is 0 Å². The van der Waals surface area contributed by atoms with Gasteiger partial charge in [0.15, 0.2) is 0 Å². The minimum atomic E-state index is -1.03. The molecule has 0 aromatic heterocycles. The van der Waals surface area contributed by atoms with Crippen molar-refractivity contribution < 1.29 is 29.3 Å². The predicted molar refractivity (Wildman–Crippen MR) is 135 cm³/mol. The molecule has 1 aliphatic heterocycles. The third-order valence-electron chi connectivity index (χ3n) is 6.80. The molecule has 0 saturated carbocycles. The summed E-state index contributed by atoms with van der Waals surface area (Å²) in [5, 5.41) is 23.5. The summed E-state index contributed by atoms with van der Waals surface area (Å²) in [5.41, 5.74) is 2.26. The van der Waals surface area contributed by atoms with Gasteiger partial charge in [-0.1, -0.05) is 37.3 Å². The molecular weight excluding hydrogens is 460 g/mol. The number of benzene rings is 2. The summed E-state index contributed by atoms with van der Waals surface area (Å²) in [4.78, 5) is 28.1. The zero-order chi connectivity index (χ0) is 25.7. The van der Waals surface area contributed by atoms with E-state index < -0.39 is 24.2 Å². The lowest BCUT2D eigenvalue weighted by Gasteiger charge is -2.41. The number of nitrogens with one attached hydrogen (secondary N) is 1. The van der Waals surface area contributed by atoms with Crippen molar-refractivity contribution >= 4 is 11.8 Å². The molecule has 2 aromatic rings. The number of hydrogen-bond acceptors (Lipinski definition) is 6. The second kappa shape index (κ2) is 11.6. The number of rotatable bonds is 10. The van der Waals surface area contributed by atoms with E-state index in [1.54, 1.807) is 18.1 Å². The van der Waals surface area contributed by atoms with E-state index in [9.17, 15) is 19.8 Å². The summed E-state index contributed by atoms with van der Waals surface area (Å²) < 4.78 is 11.5. The van der Waals surface area contributed by atoms with Gasteiger partial charge in [0, 0.05) is 30.6 Å². The molecule has 4 atom stereocenters. The number of para-hydroxylation sites is 1. The lowest BCUT2D eigenvalue weighted by atomic mass is 9.77. The molecular formula is C28H34N2O6. The largest absolute Gasteiger partial charge is 0.497 e. The first-order chi connectivity index (χ1) is 17.5. The van der Waals surface area contributed by atoms with E-state index in [-0.39, 0.29) is 25.0 Å². The Morgan fingerprint density at radius 2 is 1.97 bits per heavy atom. The van der Waals surface area contributed by atoms with Crippen LogP contribution in [0.4, 0.5) is 0 Å². The van der Waals surface area contributed by atoms with Crippen molar-refractivity contribution in [3.63, 3.8) is 0 Å². The van der Waals surface area contributed by atoms with Crippen molar-refractivity contribution in [2.45, 2.75) is 50.4 Å². The Labute approximate surface area is 211 Å². The second-order valence-corrected chi connectivity index (χ2v) is 9.12. The highest BCUT2D eigenvalue weighted by molar-refractivity contribution is 5.96. The number of amides is 2. The van der Waals surface area contributed by atoms with Gasteiger partial charge in [-0.3, -0.25) is 9.59 Å². The Morgan fingerprint density at radius 3 is 2.72 bits per heavy atom. The first-order valence-electron chi connectivity index (χ1n) is 12.4. The van der Waals surface area contributed by atoms with Crippen LogP contribution in [0.1, 0.15) is 36.8 Å². The molecule has 8 nitrogen and oxygen atoms in total. The highest BCUT2D eigenvalue weighted by Gasteiger charge is 2.50. The minimum absolute atomic E-state index is 0.0928. The van der Waals surface area contributed by atoms with Crippen LogP contribution in [0.3, 0.4) is 0 Å². The molecule has 3 N–H and O–H groups in total. The molecule has 2 amide bonds. The van der Waals surface area contributed by atoms with Gasteiger partial charge in [-0.15, -0.1) is 0 Å². The van der Waals surface area contributed by atoms with Crippen LogP contribution in [0.5, 0.6) is 11.5 Å². The fraction of sp³-hybridized carbons (Fsp3) is 0.429. The van der Waals surface area contributed by atoms with Gasteiger partial charge in [0.2, 0.25) is 11.8 Å². The fourth-order valence-corrected chi connectivity index (χ4v) is 5.07. The van der Waals surface area contributed by atoms with Crippen LogP contribution in [-0.2, 0) is 16.0 Å². The van der Waals surface area contributed by atoms with Crippen molar-refractivity contribution in [3.8, 4) is 11.5 Å². The number of ether oxygens (including phenoxy) is 2. The molecule has 2 aromatic carbocycles. The van der Waals surface area contributed by atoms with Crippen molar-refractivity contribution in [1.29, 1.82) is 0 Å². The Hall–Kier alpha value is -3.36. The van der Waals surface area contributed by atoms with E-state index in [4.69, 9.17) is 9.47 Å². The number of carbonyl (C=O) groups excluding carboxylic acids is 2. The monoisotopic (exact) mass is 494 g/mol. The van der Waals surface area contributed by atoms with Crippen LogP contribution in [0.25, 0.3) is 0 Å². The van der Waals surface area contributed by atoms with Gasteiger partial charge in [0.1, 0.15) is 23.7 Å².